The number of anilines is 1. The van der Waals surface area contributed by atoms with Crippen molar-refractivity contribution in [3.8, 4) is 0 Å². The Balaban J connectivity index is 1.28. The summed E-state index contributed by atoms with van der Waals surface area (Å²) < 4.78 is 12.9. The fraction of sp³-hybridized carbons (Fsp3) is 0.390. The zero-order chi connectivity index (χ0) is 38.7. The maximum atomic E-state index is 14.2. The minimum atomic E-state index is -1.43. The lowest BCUT2D eigenvalue weighted by atomic mass is 10.0. The van der Waals surface area contributed by atoms with Gasteiger partial charge in [0.1, 0.15) is 23.2 Å². The van der Waals surface area contributed by atoms with E-state index in [0.29, 0.717) is 13.1 Å². The van der Waals surface area contributed by atoms with Crippen LogP contribution in [-0.2, 0) is 37.0 Å². The number of piperazine rings is 1. The maximum absolute atomic E-state index is 14.2. The molecule has 1 aliphatic heterocycles. The third-order valence-electron chi connectivity index (χ3n) is 8.83. The molecule has 0 bridgehead atoms. The maximum Gasteiger partial charge on any atom is 0.408 e. The quantitative estimate of drug-likeness (QED) is 0.168. The molecular weight excluding hydrogens is 686 g/mol. The first-order chi connectivity index (χ1) is 25.8. The smallest absolute Gasteiger partial charge is 0.408 e. The Labute approximate surface area is 317 Å². The van der Waals surface area contributed by atoms with Gasteiger partial charge in [-0.15, -0.1) is 0 Å². The van der Waals surface area contributed by atoms with Gasteiger partial charge in [-0.25, -0.2) is 9.78 Å². The van der Waals surface area contributed by atoms with Gasteiger partial charge >= 0.3 is 6.09 Å². The summed E-state index contributed by atoms with van der Waals surface area (Å²) in [5.74, 6) is -1.10. The molecule has 1 fully saturated rings. The number of hydrogen-bond acceptors (Lipinski definition) is 8. The number of amides is 4. The summed E-state index contributed by atoms with van der Waals surface area (Å²) in [6, 6.07) is 27.3. The fourth-order valence-corrected chi connectivity index (χ4v) is 5.98. The number of benzene rings is 3. The average Bonchev–Trinajstić information content (AvgIpc) is 3.59. The van der Waals surface area contributed by atoms with Crippen LogP contribution < -0.4 is 16.0 Å². The van der Waals surface area contributed by atoms with E-state index in [-0.39, 0.29) is 24.9 Å². The molecule has 54 heavy (non-hydrogen) atoms. The number of carbonyl (C=O) groups is 4. The van der Waals surface area contributed by atoms with E-state index in [2.05, 4.69) is 38.0 Å². The Morgan fingerprint density at radius 1 is 0.796 bits per heavy atom. The Bertz CT molecular complexity index is 1840. The van der Waals surface area contributed by atoms with E-state index in [1.807, 2.05) is 83.8 Å². The molecule has 3 N–H and O–H groups in total. The minimum Gasteiger partial charge on any atom is -0.444 e. The molecule has 0 saturated carbocycles. The van der Waals surface area contributed by atoms with Crippen LogP contribution in [0.25, 0.3) is 0 Å². The van der Waals surface area contributed by atoms with Crippen LogP contribution >= 0.6 is 0 Å². The molecule has 1 aliphatic rings. The van der Waals surface area contributed by atoms with E-state index < -0.39 is 41.1 Å². The van der Waals surface area contributed by atoms with Gasteiger partial charge in [-0.05, 0) is 51.3 Å². The van der Waals surface area contributed by atoms with Gasteiger partial charge in [-0.1, -0.05) is 91.0 Å². The number of carbonyl (C=O) groups excluding carboxylic acids is 4. The number of hydrogen-bond donors (Lipinski definition) is 3. The Kier molecular flexibility index (Phi) is 13.2. The van der Waals surface area contributed by atoms with Crippen molar-refractivity contribution in [2.45, 2.75) is 71.0 Å². The Morgan fingerprint density at radius 3 is 2.00 bits per heavy atom. The number of nitrogens with one attached hydrogen (secondary N) is 3. The minimum absolute atomic E-state index is 0.0741. The number of nitrogens with zero attached hydrogens (tertiary/aromatic N) is 4. The van der Waals surface area contributed by atoms with Crippen molar-refractivity contribution in [3.05, 3.63) is 120 Å². The zero-order valence-corrected chi connectivity index (χ0v) is 31.7. The lowest BCUT2D eigenvalue weighted by Gasteiger charge is -2.36. The standard InChI is InChI=1S/C41H51N7O6/c1-40(2,3)54-39(52)45-41(4,5)38(51)43-33(28-53-27-31-17-11-7-12-18-31)36(49)44-34-26-48(29-42-34)35(32-19-13-8-14-20-32)37(50)47-23-21-46(22-24-47)25-30-15-9-6-10-16-30/h6-20,26,29,33,35H,21-25,27-28H2,1-5H3,(H,43,51)(H,44,49)(H,45,52)/t33-,35?/m1/s1. The molecule has 13 nitrogen and oxygen atoms in total. The van der Waals surface area contributed by atoms with Crippen molar-refractivity contribution >= 4 is 29.6 Å². The normalized spacial score (nSPS) is 14.8. The summed E-state index contributed by atoms with van der Waals surface area (Å²) in [5.41, 5.74) is 0.706. The van der Waals surface area contributed by atoms with Crippen LogP contribution in [0, 0.1) is 0 Å². The average molecular weight is 738 g/mol. The van der Waals surface area contributed by atoms with E-state index >= 15 is 0 Å². The first kappa shape index (κ1) is 39.7. The first-order valence-electron chi connectivity index (χ1n) is 18.2. The highest BCUT2D eigenvalue weighted by Gasteiger charge is 2.35. The third kappa shape index (κ3) is 11.5. The summed E-state index contributed by atoms with van der Waals surface area (Å²) in [6.45, 7) is 11.7. The SMILES string of the molecule is CC(C)(C)OC(=O)NC(C)(C)C(=O)N[C@H](COCc1ccccc1)C(=O)Nc1cn(C(C(=O)N2CCN(Cc3ccccc3)CC2)c2ccccc2)cn1. The van der Waals surface area contributed by atoms with E-state index in [1.165, 1.54) is 25.7 Å². The van der Waals surface area contributed by atoms with Gasteiger partial charge in [-0.2, -0.15) is 0 Å². The van der Waals surface area contributed by atoms with Crippen molar-refractivity contribution in [2.75, 3.05) is 38.1 Å². The van der Waals surface area contributed by atoms with Gasteiger partial charge < -0.3 is 34.9 Å². The largest absolute Gasteiger partial charge is 0.444 e. The summed E-state index contributed by atoms with van der Waals surface area (Å²) in [7, 11) is 0. The summed E-state index contributed by atoms with van der Waals surface area (Å²) in [6.07, 6.45) is 2.35. The molecular formula is C41H51N7O6. The predicted octanol–water partition coefficient (Wildman–Crippen LogP) is 4.76. The number of alkyl carbamates (subject to hydrolysis) is 1. The molecule has 0 spiro atoms. The van der Waals surface area contributed by atoms with Crippen molar-refractivity contribution < 1.29 is 28.7 Å². The number of rotatable bonds is 14. The van der Waals surface area contributed by atoms with Crippen LogP contribution in [0.2, 0.25) is 0 Å². The van der Waals surface area contributed by atoms with Gasteiger partial charge in [0, 0.05) is 38.9 Å². The highest BCUT2D eigenvalue weighted by atomic mass is 16.6. The third-order valence-corrected chi connectivity index (χ3v) is 8.83. The predicted molar refractivity (Wildman–Crippen MR) is 205 cm³/mol. The van der Waals surface area contributed by atoms with Crippen molar-refractivity contribution in [1.29, 1.82) is 0 Å². The lowest BCUT2D eigenvalue weighted by Crippen LogP contribution is -2.59. The second-order valence-electron chi connectivity index (χ2n) is 14.9. The molecule has 0 aliphatic carbocycles. The molecule has 4 aromatic rings. The van der Waals surface area contributed by atoms with Crippen LogP contribution in [0.5, 0.6) is 0 Å². The first-order valence-corrected chi connectivity index (χ1v) is 18.2. The van der Waals surface area contributed by atoms with Crippen LogP contribution in [0.3, 0.4) is 0 Å². The molecule has 4 amide bonds. The molecule has 1 aromatic heterocycles. The van der Waals surface area contributed by atoms with Crippen molar-refractivity contribution in [2.24, 2.45) is 0 Å². The van der Waals surface area contributed by atoms with Gasteiger partial charge in [0.05, 0.1) is 19.5 Å². The van der Waals surface area contributed by atoms with Crippen LogP contribution in [0.15, 0.2) is 104 Å². The molecule has 1 saturated heterocycles. The van der Waals surface area contributed by atoms with E-state index in [0.717, 1.165) is 30.8 Å². The van der Waals surface area contributed by atoms with Crippen LogP contribution in [-0.4, -0.2) is 93.1 Å². The molecule has 3 aromatic carbocycles. The number of ether oxygens (including phenoxy) is 2. The fourth-order valence-electron chi connectivity index (χ4n) is 5.98. The molecule has 13 heteroatoms. The van der Waals surface area contributed by atoms with Gasteiger partial charge in [-0.3, -0.25) is 19.3 Å². The summed E-state index contributed by atoms with van der Waals surface area (Å²) >= 11 is 0. The summed E-state index contributed by atoms with van der Waals surface area (Å²) in [4.78, 5) is 62.6. The van der Waals surface area contributed by atoms with Gasteiger partial charge in [0.2, 0.25) is 11.8 Å². The molecule has 2 atom stereocenters. The van der Waals surface area contributed by atoms with Crippen LogP contribution in [0.1, 0.15) is 57.4 Å². The molecule has 0 radical (unpaired) electrons. The monoisotopic (exact) mass is 737 g/mol. The summed E-state index contributed by atoms with van der Waals surface area (Å²) in [5, 5.41) is 8.08. The number of imidazole rings is 1. The highest BCUT2D eigenvalue weighted by Crippen LogP contribution is 2.24. The molecule has 286 valence electrons. The molecule has 2 heterocycles. The second kappa shape index (κ2) is 18.0. The van der Waals surface area contributed by atoms with E-state index in [1.54, 1.807) is 31.5 Å². The molecule has 5 rings (SSSR count). The van der Waals surface area contributed by atoms with Gasteiger partial charge in [0.25, 0.3) is 5.91 Å². The van der Waals surface area contributed by atoms with E-state index in [9.17, 15) is 19.2 Å². The van der Waals surface area contributed by atoms with E-state index in [4.69, 9.17) is 9.47 Å². The Hall–Kier alpha value is -5.53. The number of aromatic nitrogens is 2. The highest BCUT2D eigenvalue weighted by molar-refractivity contribution is 5.98. The van der Waals surface area contributed by atoms with Crippen molar-refractivity contribution in [3.63, 3.8) is 0 Å². The van der Waals surface area contributed by atoms with Gasteiger partial charge in [0.15, 0.2) is 5.82 Å². The second-order valence-corrected chi connectivity index (χ2v) is 14.9. The Morgan fingerprint density at radius 2 is 1.39 bits per heavy atom. The zero-order valence-electron chi connectivity index (χ0n) is 31.7. The topological polar surface area (TPSA) is 147 Å². The lowest BCUT2D eigenvalue weighted by molar-refractivity contribution is -0.135. The molecule has 1 unspecified atom stereocenters. The van der Waals surface area contributed by atoms with Crippen LogP contribution in [0.4, 0.5) is 10.6 Å². The van der Waals surface area contributed by atoms with Crippen molar-refractivity contribution in [1.82, 2.24) is 30.0 Å².